The highest BCUT2D eigenvalue weighted by molar-refractivity contribution is 6.05. The Labute approximate surface area is 170 Å². The first-order valence-corrected chi connectivity index (χ1v) is 10.7. The van der Waals surface area contributed by atoms with Gasteiger partial charge in [-0.05, 0) is 60.8 Å². The second-order valence-electron chi connectivity index (χ2n) is 9.15. The van der Waals surface area contributed by atoms with E-state index in [1.165, 1.54) is 18.4 Å². The third kappa shape index (κ3) is 2.99. The lowest BCUT2D eigenvalue weighted by Crippen LogP contribution is -2.52. The van der Waals surface area contributed by atoms with E-state index in [1.54, 1.807) is 4.90 Å². The second kappa shape index (κ2) is 6.92. The van der Waals surface area contributed by atoms with Crippen molar-refractivity contribution in [2.75, 3.05) is 19.6 Å². The number of hydrogen-bond donors (Lipinski definition) is 2. The number of nitrogens with zero attached hydrogens (tertiary/aromatic N) is 2. The number of benzene rings is 1. The number of likely N-dealkylation sites (tertiary alicyclic amines) is 1. The molecule has 3 unspecified atom stereocenters. The van der Waals surface area contributed by atoms with Crippen LogP contribution in [0, 0.1) is 11.3 Å². The summed E-state index contributed by atoms with van der Waals surface area (Å²) in [4.78, 5) is 40.9. The predicted molar refractivity (Wildman–Crippen MR) is 107 cm³/mol. The van der Waals surface area contributed by atoms with Crippen molar-refractivity contribution in [2.45, 2.75) is 51.2 Å². The number of carbonyl (C=O) groups is 3. The molecule has 7 heteroatoms. The number of carbonyl (C=O) groups excluding carboxylic acids is 3. The van der Waals surface area contributed by atoms with Gasteiger partial charge in [-0.25, -0.2) is 0 Å². The molecule has 3 aliphatic heterocycles. The molecular formula is C22H28N4O3. The second-order valence-corrected chi connectivity index (χ2v) is 9.15. The summed E-state index contributed by atoms with van der Waals surface area (Å²) >= 11 is 0. The predicted octanol–water partition coefficient (Wildman–Crippen LogP) is 1.01. The van der Waals surface area contributed by atoms with Crippen LogP contribution in [0.15, 0.2) is 18.2 Å². The average Bonchev–Trinajstić information content (AvgIpc) is 3.13. The van der Waals surface area contributed by atoms with E-state index < -0.39 is 6.04 Å². The van der Waals surface area contributed by atoms with E-state index in [0.717, 1.165) is 44.1 Å². The fourth-order valence-electron chi connectivity index (χ4n) is 5.93. The van der Waals surface area contributed by atoms with Crippen LogP contribution in [-0.4, -0.2) is 53.2 Å². The van der Waals surface area contributed by atoms with Gasteiger partial charge in [0.25, 0.3) is 5.91 Å². The molecule has 3 atom stereocenters. The topological polar surface area (TPSA) is 95.7 Å². The molecule has 29 heavy (non-hydrogen) atoms. The van der Waals surface area contributed by atoms with Gasteiger partial charge < -0.3 is 10.6 Å². The van der Waals surface area contributed by atoms with Gasteiger partial charge in [-0.1, -0.05) is 12.1 Å². The normalized spacial score (nSPS) is 31.5. The zero-order valence-electron chi connectivity index (χ0n) is 16.7. The zero-order valence-corrected chi connectivity index (χ0v) is 16.7. The molecule has 0 spiro atoms. The maximum Gasteiger partial charge on any atom is 0.255 e. The van der Waals surface area contributed by atoms with E-state index in [9.17, 15) is 14.4 Å². The molecule has 0 bridgehead atoms. The van der Waals surface area contributed by atoms with Crippen molar-refractivity contribution in [3.8, 4) is 0 Å². The first kappa shape index (κ1) is 18.8. The summed E-state index contributed by atoms with van der Waals surface area (Å²) in [5, 5.41) is 2.37. The molecule has 3 fully saturated rings. The standard InChI is InChI=1S/C22H28N4O3/c23-9-8-22-7-6-15(22)11-25(13-22)10-14-2-1-3-16-17(14)12-26(21(16)29)18-4-5-19(27)24-20(18)28/h1-3,15,18H,4-13,23H2,(H,24,27,28). The van der Waals surface area contributed by atoms with Gasteiger partial charge in [-0.3, -0.25) is 24.6 Å². The number of nitrogens with one attached hydrogen (secondary N) is 1. The third-order valence-electron chi connectivity index (χ3n) is 7.59. The number of fused-ring (bicyclic) bond motifs is 2. The largest absolute Gasteiger partial charge is 0.330 e. The molecular weight excluding hydrogens is 368 g/mol. The van der Waals surface area contributed by atoms with Gasteiger partial charge in [0.15, 0.2) is 0 Å². The van der Waals surface area contributed by atoms with Crippen LogP contribution in [0.2, 0.25) is 0 Å². The van der Waals surface area contributed by atoms with Crippen LogP contribution in [0.5, 0.6) is 0 Å². The van der Waals surface area contributed by atoms with Crippen molar-refractivity contribution < 1.29 is 14.4 Å². The van der Waals surface area contributed by atoms with Gasteiger partial charge in [0, 0.05) is 38.2 Å². The molecule has 4 aliphatic rings. The molecule has 1 saturated carbocycles. The lowest BCUT2D eigenvalue weighted by molar-refractivity contribution is -0.136. The summed E-state index contributed by atoms with van der Waals surface area (Å²) in [5.74, 6) is 0.0387. The molecule has 154 valence electrons. The minimum absolute atomic E-state index is 0.0996. The van der Waals surface area contributed by atoms with Crippen LogP contribution in [0.1, 0.15) is 53.6 Å². The van der Waals surface area contributed by atoms with Crippen molar-refractivity contribution in [3.63, 3.8) is 0 Å². The fourth-order valence-corrected chi connectivity index (χ4v) is 5.93. The van der Waals surface area contributed by atoms with Crippen molar-refractivity contribution in [1.29, 1.82) is 0 Å². The average molecular weight is 396 g/mol. The van der Waals surface area contributed by atoms with Crippen LogP contribution in [0.4, 0.5) is 0 Å². The molecule has 1 aliphatic carbocycles. The highest BCUT2D eigenvalue weighted by Gasteiger charge is 2.52. The van der Waals surface area contributed by atoms with Gasteiger partial charge in [-0.2, -0.15) is 0 Å². The minimum Gasteiger partial charge on any atom is -0.330 e. The number of piperidine rings is 1. The van der Waals surface area contributed by atoms with E-state index in [0.29, 0.717) is 23.9 Å². The Kier molecular flexibility index (Phi) is 4.47. The molecule has 5 rings (SSSR count). The summed E-state index contributed by atoms with van der Waals surface area (Å²) in [6.07, 6.45) is 4.35. The number of rotatable bonds is 5. The summed E-state index contributed by atoms with van der Waals surface area (Å²) < 4.78 is 0. The molecule has 3 N–H and O–H groups in total. The molecule has 3 heterocycles. The summed E-state index contributed by atoms with van der Waals surface area (Å²) in [5.41, 5.74) is 9.18. The Bertz CT molecular complexity index is 885. The monoisotopic (exact) mass is 396 g/mol. The summed E-state index contributed by atoms with van der Waals surface area (Å²) in [6.45, 7) is 4.22. The first-order chi connectivity index (χ1) is 14.0. The van der Waals surface area contributed by atoms with Crippen LogP contribution < -0.4 is 11.1 Å². The highest BCUT2D eigenvalue weighted by atomic mass is 16.2. The molecule has 0 radical (unpaired) electrons. The Morgan fingerprint density at radius 2 is 2.07 bits per heavy atom. The highest BCUT2D eigenvalue weighted by Crippen LogP contribution is 2.54. The van der Waals surface area contributed by atoms with Gasteiger partial charge in [0.2, 0.25) is 11.8 Å². The number of imide groups is 1. The summed E-state index contributed by atoms with van der Waals surface area (Å²) in [7, 11) is 0. The molecule has 7 nitrogen and oxygen atoms in total. The van der Waals surface area contributed by atoms with Crippen LogP contribution >= 0.6 is 0 Å². The lowest BCUT2D eigenvalue weighted by atomic mass is 9.60. The van der Waals surface area contributed by atoms with Crippen LogP contribution in [0.3, 0.4) is 0 Å². The first-order valence-electron chi connectivity index (χ1n) is 10.7. The van der Waals surface area contributed by atoms with E-state index in [1.807, 2.05) is 12.1 Å². The number of amides is 3. The maximum atomic E-state index is 13.0. The zero-order chi connectivity index (χ0) is 20.2. The third-order valence-corrected chi connectivity index (χ3v) is 7.59. The Morgan fingerprint density at radius 3 is 2.79 bits per heavy atom. The number of nitrogens with two attached hydrogens (primary N) is 1. The smallest absolute Gasteiger partial charge is 0.255 e. The van der Waals surface area contributed by atoms with Crippen LogP contribution in [0.25, 0.3) is 0 Å². The minimum atomic E-state index is -0.559. The van der Waals surface area contributed by atoms with Gasteiger partial charge in [-0.15, -0.1) is 0 Å². The van der Waals surface area contributed by atoms with Crippen molar-refractivity contribution in [2.24, 2.45) is 17.1 Å². The number of hydrogen-bond acceptors (Lipinski definition) is 5. The van der Waals surface area contributed by atoms with Crippen molar-refractivity contribution in [3.05, 3.63) is 34.9 Å². The summed E-state index contributed by atoms with van der Waals surface area (Å²) in [6, 6.07) is 5.35. The van der Waals surface area contributed by atoms with Crippen LogP contribution in [-0.2, 0) is 22.7 Å². The molecule has 2 saturated heterocycles. The van der Waals surface area contributed by atoms with E-state index in [-0.39, 0.29) is 24.1 Å². The van der Waals surface area contributed by atoms with Crippen molar-refractivity contribution >= 4 is 17.7 Å². The molecule has 1 aromatic carbocycles. The van der Waals surface area contributed by atoms with Crippen molar-refractivity contribution in [1.82, 2.24) is 15.1 Å². The molecule has 3 amide bonds. The van der Waals surface area contributed by atoms with E-state index >= 15 is 0 Å². The van der Waals surface area contributed by atoms with E-state index in [2.05, 4.69) is 16.3 Å². The van der Waals surface area contributed by atoms with Gasteiger partial charge in [0.05, 0.1) is 0 Å². The Hall–Kier alpha value is -2.25. The van der Waals surface area contributed by atoms with Gasteiger partial charge >= 0.3 is 0 Å². The SMILES string of the molecule is NCCC12CCC1CN(Cc1cccc3c1CN(C1CCC(=O)NC1=O)C3=O)C2. The van der Waals surface area contributed by atoms with Gasteiger partial charge in [0.1, 0.15) is 6.04 Å². The maximum absolute atomic E-state index is 13.0. The molecule has 0 aromatic heterocycles. The quantitative estimate of drug-likeness (QED) is 0.724. The molecule has 1 aromatic rings. The van der Waals surface area contributed by atoms with E-state index in [4.69, 9.17) is 5.73 Å². The Morgan fingerprint density at radius 1 is 1.21 bits per heavy atom. The lowest BCUT2D eigenvalue weighted by Gasteiger charge is -2.44. The fraction of sp³-hybridized carbons (Fsp3) is 0.591. The Balaban J connectivity index is 1.34.